The van der Waals surface area contributed by atoms with Crippen LogP contribution in [0.25, 0.3) is 11.0 Å². The summed E-state index contributed by atoms with van der Waals surface area (Å²) in [4.78, 5) is 45.4. The maximum Gasteiger partial charge on any atom is 0.310 e. The largest absolute Gasteiger partial charge is 0.469 e. The lowest BCUT2D eigenvalue weighted by Gasteiger charge is -2.41. The van der Waals surface area contributed by atoms with Gasteiger partial charge >= 0.3 is 5.97 Å². The number of ether oxygens (including phenoxy) is 2. The molecule has 1 aliphatic heterocycles. The standard InChI is InChI=1S/C25H34F2N4O5/c1-16(2)12-31(18-9-17(25(34)36-4)13-29(14-18)15-32)24(33)23-28-21-10-19(26)20(27)11-22(21)30(23)7-5-6-8-35-3/h10-11,15-18H,5-9,12-14H2,1-4H3. The predicted octanol–water partition coefficient (Wildman–Crippen LogP) is 2.86. The zero-order valence-electron chi connectivity index (χ0n) is 21.2. The number of hydrogen-bond donors (Lipinski definition) is 0. The summed E-state index contributed by atoms with van der Waals surface area (Å²) in [5.74, 6) is -3.36. The number of fused-ring (bicyclic) bond motifs is 1. The van der Waals surface area contributed by atoms with Crippen LogP contribution in [0.4, 0.5) is 8.78 Å². The van der Waals surface area contributed by atoms with Gasteiger partial charge < -0.3 is 23.8 Å². The number of aromatic nitrogens is 2. The number of hydrogen-bond acceptors (Lipinski definition) is 6. The first-order valence-corrected chi connectivity index (χ1v) is 12.1. The number of imidazole rings is 1. The first-order chi connectivity index (χ1) is 17.2. The summed E-state index contributed by atoms with van der Waals surface area (Å²) in [5, 5.41) is 0. The zero-order chi connectivity index (χ0) is 26.4. The number of amides is 2. The van der Waals surface area contributed by atoms with Gasteiger partial charge in [0.15, 0.2) is 17.5 Å². The highest BCUT2D eigenvalue weighted by Gasteiger charge is 2.38. The van der Waals surface area contributed by atoms with Crippen molar-refractivity contribution in [3.63, 3.8) is 0 Å². The van der Waals surface area contributed by atoms with E-state index in [0.717, 1.165) is 12.1 Å². The van der Waals surface area contributed by atoms with Crippen LogP contribution in [0.1, 0.15) is 43.7 Å². The van der Waals surface area contributed by atoms with Crippen LogP contribution in [0.3, 0.4) is 0 Å². The number of likely N-dealkylation sites (tertiary alicyclic amines) is 1. The molecule has 1 saturated heterocycles. The second-order valence-corrected chi connectivity index (χ2v) is 9.56. The normalized spacial score (nSPS) is 18.0. The van der Waals surface area contributed by atoms with Gasteiger partial charge in [0.25, 0.3) is 5.91 Å². The molecule has 2 amide bonds. The van der Waals surface area contributed by atoms with Gasteiger partial charge in [0, 0.05) is 52.0 Å². The van der Waals surface area contributed by atoms with Crippen molar-refractivity contribution >= 4 is 29.3 Å². The third-order valence-corrected chi connectivity index (χ3v) is 6.37. The summed E-state index contributed by atoms with van der Waals surface area (Å²) in [7, 11) is 2.89. The molecule has 2 aromatic rings. The van der Waals surface area contributed by atoms with Crippen molar-refractivity contribution < 1.29 is 32.6 Å². The van der Waals surface area contributed by atoms with Crippen molar-refractivity contribution in [2.45, 2.75) is 45.7 Å². The van der Waals surface area contributed by atoms with E-state index in [9.17, 15) is 23.2 Å². The van der Waals surface area contributed by atoms with Gasteiger partial charge in [-0.25, -0.2) is 13.8 Å². The van der Waals surface area contributed by atoms with Crippen molar-refractivity contribution in [2.24, 2.45) is 11.8 Å². The van der Waals surface area contributed by atoms with Crippen molar-refractivity contribution in [3.05, 3.63) is 29.6 Å². The van der Waals surface area contributed by atoms with Gasteiger partial charge in [0.1, 0.15) is 0 Å². The Labute approximate surface area is 209 Å². The fraction of sp³-hybridized carbons (Fsp3) is 0.600. The molecule has 36 heavy (non-hydrogen) atoms. The highest BCUT2D eigenvalue weighted by atomic mass is 19.2. The molecular weight excluding hydrogens is 474 g/mol. The number of carbonyl (C=O) groups excluding carboxylic acids is 3. The highest BCUT2D eigenvalue weighted by molar-refractivity contribution is 5.95. The lowest BCUT2D eigenvalue weighted by Crippen LogP contribution is -2.55. The molecule has 2 unspecified atom stereocenters. The van der Waals surface area contributed by atoms with Gasteiger partial charge in [-0.15, -0.1) is 0 Å². The summed E-state index contributed by atoms with van der Waals surface area (Å²) in [5.41, 5.74) is 0.504. The Bertz CT molecular complexity index is 1090. The monoisotopic (exact) mass is 508 g/mol. The molecule has 3 rings (SSSR count). The van der Waals surface area contributed by atoms with Crippen molar-refractivity contribution in [1.29, 1.82) is 0 Å². The minimum absolute atomic E-state index is 0.0610. The van der Waals surface area contributed by atoms with E-state index < -0.39 is 35.5 Å². The molecule has 0 spiro atoms. The van der Waals surface area contributed by atoms with Gasteiger partial charge in [0.2, 0.25) is 6.41 Å². The lowest BCUT2D eigenvalue weighted by molar-refractivity contribution is -0.149. The van der Waals surface area contributed by atoms with E-state index in [4.69, 9.17) is 9.47 Å². The van der Waals surface area contributed by atoms with Crippen LogP contribution in [-0.2, 0) is 25.6 Å². The van der Waals surface area contributed by atoms with Crippen LogP contribution >= 0.6 is 0 Å². The second kappa shape index (κ2) is 12.2. The van der Waals surface area contributed by atoms with E-state index in [0.29, 0.717) is 50.9 Å². The maximum atomic E-state index is 14.1. The summed E-state index contributed by atoms with van der Waals surface area (Å²) < 4.78 is 39.7. The van der Waals surface area contributed by atoms with Crippen LogP contribution in [0.15, 0.2) is 12.1 Å². The highest BCUT2D eigenvalue weighted by Crippen LogP contribution is 2.26. The Morgan fingerprint density at radius 2 is 1.92 bits per heavy atom. The van der Waals surface area contributed by atoms with E-state index >= 15 is 0 Å². The van der Waals surface area contributed by atoms with Gasteiger partial charge in [-0.1, -0.05) is 13.8 Å². The van der Waals surface area contributed by atoms with E-state index in [1.165, 1.54) is 12.0 Å². The molecule has 0 saturated carbocycles. The summed E-state index contributed by atoms with van der Waals surface area (Å²) in [6, 6.07) is 1.58. The molecule has 2 atom stereocenters. The molecule has 0 N–H and O–H groups in total. The number of unbranched alkanes of at least 4 members (excludes halogenated alkanes) is 1. The summed E-state index contributed by atoms with van der Waals surface area (Å²) in [6.07, 6.45) is 2.33. The summed E-state index contributed by atoms with van der Waals surface area (Å²) in [6.45, 7) is 5.61. The third-order valence-electron chi connectivity index (χ3n) is 6.37. The van der Waals surface area contributed by atoms with Crippen LogP contribution in [0.2, 0.25) is 0 Å². The number of aryl methyl sites for hydroxylation is 1. The molecule has 0 radical (unpaired) electrons. The SMILES string of the molecule is COCCCCn1c(C(=O)N(CC(C)C)C2CC(C(=O)OC)CN(C=O)C2)nc2cc(F)c(F)cc21. The molecule has 198 valence electrons. The zero-order valence-corrected chi connectivity index (χ0v) is 21.2. The topological polar surface area (TPSA) is 94.0 Å². The van der Waals surface area contributed by atoms with E-state index in [-0.39, 0.29) is 30.3 Å². The van der Waals surface area contributed by atoms with Crippen LogP contribution in [0, 0.1) is 23.5 Å². The lowest BCUT2D eigenvalue weighted by atomic mass is 9.92. The molecular formula is C25H34F2N4O5. The first-order valence-electron chi connectivity index (χ1n) is 12.1. The van der Waals surface area contributed by atoms with Crippen LogP contribution in [-0.4, -0.2) is 84.1 Å². The fourth-order valence-electron chi connectivity index (χ4n) is 4.70. The molecule has 11 heteroatoms. The van der Waals surface area contributed by atoms with Crippen molar-refractivity contribution in [2.75, 3.05) is 40.5 Å². The number of carbonyl (C=O) groups is 3. The number of piperidine rings is 1. The third kappa shape index (κ3) is 6.18. The van der Waals surface area contributed by atoms with E-state index in [2.05, 4.69) is 4.98 Å². The minimum Gasteiger partial charge on any atom is -0.469 e. The number of rotatable bonds is 11. The first kappa shape index (κ1) is 27.5. The Morgan fingerprint density at radius 3 is 2.56 bits per heavy atom. The fourth-order valence-corrected chi connectivity index (χ4v) is 4.70. The van der Waals surface area contributed by atoms with Crippen molar-refractivity contribution in [1.82, 2.24) is 19.4 Å². The van der Waals surface area contributed by atoms with Crippen LogP contribution in [0.5, 0.6) is 0 Å². The summed E-state index contributed by atoms with van der Waals surface area (Å²) >= 11 is 0. The molecule has 0 aliphatic carbocycles. The Morgan fingerprint density at radius 1 is 1.19 bits per heavy atom. The molecule has 1 fully saturated rings. The Balaban J connectivity index is 2.02. The average molecular weight is 509 g/mol. The Kier molecular flexibility index (Phi) is 9.36. The smallest absolute Gasteiger partial charge is 0.310 e. The number of halogens is 2. The van der Waals surface area contributed by atoms with E-state index in [1.807, 2.05) is 13.8 Å². The maximum absolute atomic E-state index is 14.1. The van der Waals surface area contributed by atoms with Gasteiger partial charge in [-0.2, -0.15) is 0 Å². The number of esters is 1. The van der Waals surface area contributed by atoms with Gasteiger partial charge in [-0.3, -0.25) is 14.4 Å². The average Bonchev–Trinajstić information content (AvgIpc) is 3.20. The minimum atomic E-state index is -1.04. The van der Waals surface area contributed by atoms with Gasteiger partial charge in [-0.05, 0) is 25.2 Å². The molecule has 0 bridgehead atoms. The number of benzene rings is 1. The number of methoxy groups -OCH3 is 2. The quantitative estimate of drug-likeness (QED) is 0.263. The molecule has 2 heterocycles. The molecule has 9 nitrogen and oxygen atoms in total. The van der Waals surface area contributed by atoms with E-state index in [1.54, 1.807) is 16.6 Å². The number of nitrogens with zero attached hydrogens (tertiary/aromatic N) is 4. The molecule has 1 aromatic heterocycles. The van der Waals surface area contributed by atoms with Crippen LogP contribution < -0.4 is 0 Å². The van der Waals surface area contributed by atoms with Crippen molar-refractivity contribution in [3.8, 4) is 0 Å². The predicted molar refractivity (Wildman–Crippen MR) is 128 cm³/mol. The van der Waals surface area contributed by atoms with Gasteiger partial charge in [0.05, 0.1) is 30.1 Å². The second-order valence-electron chi connectivity index (χ2n) is 9.56. The Hall–Kier alpha value is -3.08. The molecule has 1 aliphatic rings. The molecule has 1 aromatic carbocycles.